The Bertz CT molecular complexity index is 443. The number of para-hydroxylation sites is 1. The molecule has 0 heterocycles. The van der Waals surface area contributed by atoms with Crippen LogP contribution in [0.5, 0.6) is 5.75 Å². The molecule has 0 bridgehead atoms. The van der Waals surface area contributed by atoms with Crippen LogP contribution >= 0.6 is 0 Å². The van der Waals surface area contributed by atoms with Gasteiger partial charge in [-0.3, -0.25) is 4.79 Å². The number of aliphatic carboxylic acids is 1. The van der Waals surface area contributed by atoms with Crippen LogP contribution in [0.25, 0.3) is 0 Å². The third-order valence-electron chi connectivity index (χ3n) is 2.52. The van der Waals surface area contributed by atoms with Crippen molar-refractivity contribution in [3.8, 4) is 5.75 Å². The molecule has 0 spiro atoms. The highest BCUT2D eigenvalue weighted by molar-refractivity contribution is 5.68. The zero-order valence-electron chi connectivity index (χ0n) is 10.1. The summed E-state index contributed by atoms with van der Waals surface area (Å²) in [5.74, 6) is -4.23. The van der Waals surface area contributed by atoms with Crippen LogP contribution in [-0.4, -0.2) is 18.2 Å². The van der Waals surface area contributed by atoms with Gasteiger partial charge in [0.05, 0.1) is 19.1 Å². The molecule has 0 fully saturated rings. The van der Waals surface area contributed by atoms with E-state index in [-0.39, 0.29) is 23.3 Å². The largest absolute Gasteiger partial charge is 0.496 e. The molecule has 100 valence electrons. The van der Waals surface area contributed by atoms with Gasteiger partial charge in [0, 0.05) is 18.5 Å². The molecule has 6 heteroatoms. The van der Waals surface area contributed by atoms with Gasteiger partial charge < -0.3 is 15.6 Å². The zero-order chi connectivity index (χ0) is 13.9. The van der Waals surface area contributed by atoms with E-state index in [9.17, 15) is 13.6 Å². The van der Waals surface area contributed by atoms with Crippen molar-refractivity contribution in [2.75, 3.05) is 7.11 Å². The van der Waals surface area contributed by atoms with Gasteiger partial charge in [0.25, 0.3) is 5.92 Å². The third kappa shape index (κ3) is 3.16. The average Bonchev–Trinajstić information content (AvgIpc) is 2.25. The zero-order valence-corrected chi connectivity index (χ0v) is 10.1. The van der Waals surface area contributed by atoms with Gasteiger partial charge in [-0.1, -0.05) is 12.1 Å². The van der Waals surface area contributed by atoms with Gasteiger partial charge in [0.1, 0.15) is 5.75 Å². The Balaban J connectivity index is 3.25. The molecule has 0 aliphatic carbocycles. The van der Waals surface area contributed by atoms with Gasteiger partial charge in [0.15, 0.2) is 0 Å². The highest BCUT2D eigenvalue weighted by Gasteiger charge is 2.30. The second kappa shape index (κ2) is 5.30. The lowest BCUT2D eigenvalue weighted by molar-refractivity contribution is -0.137. The maximum Gasteiger partial charge on any atom is 0.305 e. The number of carboxylic acid groups (broad SMARTS) is 1. The Labute approximate surface area is 103 Å². The molecule has 1 rings (SSSR count). The van der Waals surface area contributed by atoms with Crippen molar-refractivity contribution < 1.29 is 23.4 Å². The molecular formula is C12H15F2NO3. The van der Waals surface area contributed by atoms with Crippen LogP contribution in [0, 0.1) is 0 Å². The van der Waals surface area contributed by atoms with Crippen LogP contribution in [0.3, 0.4) is 0 Å². The number of halogens is 2. The summed E-state index contributed by atoms with van der Waals surface area (Å²) < 4.78 is 31.7. The number of benzene rings is 1. The molecular weight excluding hydrogens is 244 g/mol. The van der Waals surface area contributed by atoms with E-state index < -0.39 is 17.9 Å². The number of hydrogen-bond acceptors (Lipinski definition) is 3. The first kappa shape index (κ1) is 14.4. The van der Waals surface area contributed by atoms with Crippen LogP contribution in [0.4, 0.5) is 8.78 Å². The highest BCUT2D eigenvalue weighted by atomic mass is 19.3. The SMILES string of the molecule is COc1c(C(N)CC(=O)O)cccc1C(C)(F)F. The van der Waals surface area contributed by atoms with Crippen LogP contribution < -0.4 is 10.5 Å². The van der Waals surface area contributed by atoms with Gasteiger partial charge in [-0.15, -0.1) is 0 Å². The van der Waals surface area contributed by atoms with Crippen LogP contribution in [0.2, 0.25) is 0 Å². The maximum absolute atomic E-state index is 13.4. The number of hydrogen-bond donors (Lipinski definition) is 2. The summed E-state index contributed by atoms with van der Waals surface area (Å²) in [7, 11) is 1.25. The molecule has 0 amide bonds. The summed E-state index contributed by atoms with van der Waals surface area (Å²) in [6.45, 7) is 0.747. The molecule has 3 N–H and O–H groups in total. The second-order valence-electron chi connectivity index (χ2n) is 4.02. The van der Waals surface area contributed by atoms with Crippen LogP contribution in [-0.2, 0) is 10.7 Å². The van der Waals surface area contributed by atoms with E-state index in [4.69, 9.17) is 15.6 Å². The Hall–Kier alpha value is -1.69. The average molecular weight is 259 g/mol. The molecule has 0 saturated carbocycles. The number of carbonyl (C=O) groups is 1. The molecule has 4 nitrogen and oxygen atoms in total. The van der Waals surface area contributed by atoms with Crippen LogP contribution in [0.15, 0.2) is 18.2 Å². The topological polar surface area (TPSA) is 72.5 Å². The van der Waals surface area contributed by atoms with E-state index in [1.807, 2.05) is 0 Å². The summed E-state index contributed by atoms with van der Waals surface area (Å²) in [5.41, 5.74) is 5.64. The van der Waals surface area contributed by atoms with Crippen molar-refractivity contribution in [3.05, 3.63) is 29.3 Å². The Kier molecular flexibility index (Phi) is 4.24. The molecule has 0 radical (unpaired) electrons. The first-order valence-electron chi connectivity index (χ1n) is 5.30. The minimum atomic E-state index is -3.08. The molecule has 0 aliphatic rings. The monoisotopic (exact) mass is 259 g/mol. The molecule has 18 heavy (non-hydrogen) atoms. The standard InChI is InChI=1S/C12H15F2NO3/c1-12(13,14)8-5-3-4-7(11(8)18-2)9(15)6-10(16)17/h3-5,9H,6,15H2,1-2H3,(H,16,17). The maximum atomic E-state index is 13.4. The number of rotatable bonds is 5. The summed E-state index contributed by atoms with van der Waals surface area (Å²) in [4.78, 5) is 10.6. The van der Waals surface area contributed by atoms with Gasteiger partial charge >= 0.3 is 5.97 Å². The lowest BCUT2D eigenvalue weighted by atomic mass is 9.98. The quantitative estimate of drug-likeness (QED) is 0.850. The van der Waals surface area contributed by atoms with Crippen molar-refractivity contribution in [1.82, 2.24) is 0 Å². The molecule has 1 atom stereocenters. The molecule has 1 aromatic carbocycles. The molecule has 0 saturated heterocycles. The van der Waals surface area contributed by atoms with E-state index >= 15 is 0 Å². The normalized spacial score (nSPS) is 13.2. The van der Waals surface area contributed by atoms with Crippen molar-refractivity contribution in [1.29, 1.82) is 0 Å². The lowest BCUT2D eigenvalue weighted by Gasteiger charge is -2.20. The Morgan fingerprint density at radius 3 is 2.61 bits per heavy atom. The van der Waals surface area contributed by atoms with Crippen LogP contribution in [0.1, 0.15) is 30.5 Å². The summed E-state index contributed by atoms with van der Waals surface area (Å²) in [6.07, 6.45) is -0.352. The highest BCUT2D eigenvalue weighted by Crippen LogP contribution is 2.38. The van der Waals surface area contributed by atoms with E-state index in [0.29, 0.717) is 0 Å². The fraction of sp³-hybridized carbons (Fsp3) is 0.417. The third-order valence-corrected chi connectivity index (χ3v) is 2.52. The number of carboxylic acids is 1. The second-order valence-corrected chi connectivity index (χ2v) is 4.02. The number of ether oxygens (including phenoxy) is 1. The minimum Gasteiger partial charge on any atom is -0.496 e. The van der Waals surface area contributed by atoms with E-state index in [0.717, 1.165) is 6.92 Å². The van der Waals surface area contributed by atoms with Gasteiger partial charge in [-0.2, -0.15) is 0 Å². The molecule has 1 aromatic rings. The summed E-state index contributed by atoms with van der Waals surface area (Å²) in [6, 6.07) is 3.24. The molecule has 0 aliphatic heterocycles. The Morgan fingerprint density at radius 2 is 2.17 bits per heavy atom. The number of methoxy groups -OCH3 is 1. The smallest absolute Gasteiger partial charge is 0.305 e. The predicted molar refractivity (Wildman–Crippen MR) is 61.7 cm³/mol. The first-order valence-corrected chi connectivity index (χ1v) is 5.30. The van der Waals surface area contributed by atoms with E-state index in [1.165, 1.54) is 25.3 Å². The van der Waals surface area contributed by atoms with Crippen molar-refractivity contribution in [2.45, 2.75) is 25.3 Å². The van der Waals surface area contributed by atoms with E-state index in [1.54, 1.807) is 0 Å². The summed E-state index contributed by atoms with van der Waals surface area (Å²) >= 11 is 0. The number of nitrogens with two attached hydrogens (primary N) is 1. The van der Waals surface area contributed by atoms with Gasteiger partial charge in [-0.05, 0) is 6.07 Å². The summed E-state index contributed by atoms with van der Waals surface area (Å²) in [5, 5.41) is 8.67. The predicted octanol–water partition coefficient (Wildman–Crippen LogP) is 2.28. The van der Waals surface area contributed by atoms with Crippen molar-refractivity contribution in [3.63, 3.8) is 0 Å². The van der Waals surface area contributed by atoms with Gasteiger partial charge in [-0.25, -0.2) is 8.78 Å². The molecule has 0 aromatic heterocycles. The molecule has 1 unspecified atom stereocenters. The fourth-order valence-corrected chi connectivity index (χ4v) is 1.72. The van der Waals surface area contributed by atoms with Gasteiger partial charge in [0.2, 0.25) is 0 Å². The fourth-order valence-electron chi connectivity index (χ4n) is 1.72. The number of alkyl halides is 2. The lowest BCUT2D eigenvalue weighted by Crippen LogP contribution is -2.18. The van der Waals surface area contributed by atoms with Crippen molar-refractivity contribution in [2.24, 2.45) is 5.73 Å². The van der Waals surface area contributed by atoms with E-state index in [2.05, 4.69) is 0 Å². The Morgan fingerprint density at radius 1 is 1.56 bits per heavy atom. The van der Waals surface area contributed by atoms with Crippen molar-refractivity contribution >= 4 is 5.97 Å². The minimum absolute atomic E-state index is 0.0567. The first-order chi connectivity index (χ1) is 8.27.